The number of halogens is 1. The third kappa shape index (κ3) is 2.26. The molecule has 0 bridgehead atoms. The largest absolute Gasteiger partial charge is 0.295 e. The molecule has 0 aliphatic rings. The maximum absolute atomic E-state index is 13.5. The Labute approximate surface area is 99.9 Å². The first-order chi connectivity index (χ1) is 8.09. The molecule has 0 aliphatic heterocycles. The molecule has 0 fully saturated rings. The normalized spacial score (nSPS) is 10.3. The number of hydrogen-bond acceptors (Lipinski definition) is 1. The van der Waals surface area contributed by atoms with Gasteiger partial charge in [0.1, 0.15) is 5.82 Å². The summed E-state index contributed by atoms with van der Waals surface area (Å²) >= 11 is 0. The fourth-order valence-electron chi connectivity index (χ4n) is 1.83. The van der Waals surface area contributed by atoms with Crippen molar-refractivity contribution in [2.24, 2.45) is 0 Å². The Morgan fingerprint density at radius 2 is 1.82 bits per heavy atom. The van der Waals surface area contributed by atoms with Crippen LogP contribution in [-0.2, 0) is 0 Å². The maximum atomic E-state index is 13.5. The summed E-state index contributed by atoms with van der Waals surface area (Å²) in [6.07, 6.45) is 0. The van der Waals surface area contributed by atoms with Crippen LogP contribution >= 0.6 is 0 Å². The van der Waals surface area contributed by atoms with Crippen LogP contribution in [0.4, 0.5) is 4.39 Å². The first-order valence-corrected chi connectivity index (χ1v) is 5.46. The number of rotatable bonds is 2. The van der Waals surface area contributed by atoms with Crippen molar-refractivity contribution in [2.45, 2.75) is 13.8 Å². The third-order valence-electron chi connectivity index (χ3n) is 2.85. The minimum atomic E-state index is -0.226. The van der Waals surface area contributed by atoms with Gasteiger partial charge in [-0.1, -0.05) is 30.3 Å². The fraction of sp³-hybridized carbons (Fsp3) is 0.133. The molecule has 2 rings (SSSR count). The molecule has 2 aromatic carbocycles. The van der Waals surface area contributed by atoms with Crippen LogP contribution in [0.3, 0.4) is 0 Å². The van der Waals surface area contributed by atoms with E-state index in [4.69, 9.17) is 0 Å². The van der Waals surface area contributed by atoms with Crippen LogP contribution in [0.2, 0.25) is 0 Å². The first kappa shape index (κ1) is 11.5. The summed E-state index contributed by atoms with van der Waals surface area (Å²) in [5.74, 6) is -0.211. The van der Waals surface area contributed by atoms with Crippen LogP contribution in [0.25, 0.3) is 11.1 Å². The Balaban J connectivity index is 2.57. The predicted molar refractivity (Wildman–Crippen MR) is 66.6 cm³/mol. The van der Waals surface area contributed by atoms with Gasteiger partial charge in [-0.3, -0.25) is 4.79 Å². The van der Waals surface area contributed by atoms with Crippen molar-refractivity contribution in [2.75, 3.05) is 0 Å². The Morgan fingerprint density at radius 3 is 2.53 bits per heavy atom. The molecule has 1 nitrogen and oxygen atoms in total. The summed E-state index contributed by atoms with van der Waals surface area (Å²) in [5.41, 5.74) is 2.95. The molecule has 2 aromatic rings. The molecule has 0 amide bonds. The number of hydrogen-bond donors (Lipinski definition) is 0. The molecule has 0 saturated heterocycles. The number of Topliss-reactive ketones (excluding diaryl/α,β-unsaturated/α-hetero) is 1. The van der Waals surface area contributed by atoms with E-state index < -0.39 is 0 Å². The zero-order valence-corrected chi connectivity index (χ0v) is 9.83. The average molecular weight is 228 g/mol. The number of carbonyl (C=O) groups is 1. The van der Waals surface area contributed by atoms with Gasteiger partial charge in [0.15, 0.2) is 5.78 Å². The molecule has 0 aliphatic carbocycles. The van der Waals surface area contributed by atoms with Crippen LogP contribution in [0.5, 0.6) is 0 Å². The van der Waals surface area contributed by atoms with E-state index in [1.165, 1.54) is 13.0 Å². The topological polar surface area (TPSA) is 17.1 Å². The molecular weight excluding hydrogens is 215 g/mol. The fourth-order valence-corrected chi connectivity index (χ4v) is 1.83. The lowest BCUT2D eigenvalue weighted by atomic mass is 9.98. The highest BCUT2D eigenvalue weighted by molar-refractivity contribution is 5.95. The monoisotopic (exact) mass is 228 g/mol. The van der Waals surface area contributed by atoms with Gasteiger partial charge in [0.25, 0.3) is 0 Å². The number of carbonyl (C=O) groups excluding carboxylic acids is 1. The highest BCUT2D eigenvalue weighted by atomic mass is 19.1. The van der Waals surface area contributed by atoms with Crippen LogP contribution < -0.4 is 0 Å². The van der Waals surface area contributed by atoms with Crippen LogP contribution in [-0.4, -0.2) is 5.78 Å². The van der Waals surface area contributed by atoms with Crippen molar-refractivity contribution >= 4 is 5.78 Å². The first-order valence-electron chi connectivity index (χ1n) is 5.46. The molecule has 86 valence electrons. The van der Waals surface area contributed by atoms with E-state index in [0.717, 1.165) is 11.1 Å². The lowest BCUT2D eigenvalue weighted by molar-refractivity contribution is 0.101. The zero-order chi connectivity index (χ0) is 12.4. The second kappa shape index (κ2) is 4.50. The molecule has 0 spiro atoms. The average Bonchev–Trinajstić information content (AvgIpc) is 2.33. The molecule has 0 unspecified atom stereocenters. The maximum Gasteiger partial charge on any atom is 0.159 e. The van der Waals surface area contributed by atoms with E-state index in [0.29, 0.717) is 11.1 Å². The predicted octanol–water partition coefficient (Wildman–Crippen LogP) is 4.00. The summed E-state index contributed by atoms with van der Waals surface area (Å²) in [6, 6.07) is 12.2. The van der Waals surface area contributed by atoms with Gasteiger partial charge in [0.2, 0.25) is 0 Å². The van der Waals surface area contributed by atoms with Crippen LogP contribution in [0.15, 0.2) is 42.5 Å². The van der Waals surface area contributed by atoms with Gasteiger partial charge in [-0.2, -0.15) is 0 Å². The highest BCUT2D eigenvalue weighted by Gasteiger charge is 2.07. The van der Waals surface area contributed by atoms with E-state index in [9.17, 15) is 9.18 Å². The van der Waals surface area contributed by atoms with Crippen LogP contribution in [0.1, 0.15) is 22.8 Å². The number of ketones is 1. The quantitative estimate of drug-likeness (QED) is 0.710. The van der Waals surface area contributed by atoms with E-state index in [2.05, 4.69) is 0 Å². The van der Waals surface area contributed by atoms with E-state index in [1.807, 2.05) is 18.2 Å². The smallest absolute Gasteiger partial charge is 0.159 e. The zero-order valence-electron chi connectivity index (χ0n) is 9.83. The lowest BCUT2D eigenvalue weighted by Gasteiger charge is -2.07. The summed E-state index contributed by atoms with van der Waals surface area (Å²) < 4.78 is 13.5. The third-order valence-corrected chi connectivity index (χ3v) is 2.85. The summed E-state index contributed by atoms with van der Waals surface area (Å²) in [5, 5.41) is 0. The van der Waals surface area contributed by atoms with Gasteiger partial charge < -0.3 is 0 Å². The van der Waals surface area contributed by atoms with Crippen molar-refractivity contribution in [1.82, 2.24) is 0 Å². The van der Waals surface area contributed by atoms with Gasteiger partial charge in [-0.15, -0.1) is 0 Å². The van der Waals surface area contributed by atoms with Crippen molar-refractivity contribution in [3.8, 4) is 11.1 Å². The molecule has 0 saturated carbocycles. The Bertz CT molecular complexity index is 573. The molecule has 0 atom stereocenters. The lowest BCUT2D eigenvalue weighted by Crippen LogP contribution is -1.93. The van der Waals surface area contributed by atoms with Gasteiger partial charge in [-0.05, 0) is 42.7 Å². The second-order valence-corrected chi connectivity index (χ2v) is 4.05. The molecule has 17 heavy (non-hydrogen) atoms. The summed E-state index contributed by atoms with van der Waals surface area (Å²) in [6.45, 7) is 3.27. The van der Waals surface area contributed by atoms with Gasteiger partial charge in [0, 0.05) is 5.56 Å². The minimum Gasteiger partial charge on any atom is -0.295 e. The van der Waals surface area contributed by atoms with Crippen molar-refractivity contribution in [3.05, 3.63) is 59.4 Å². The molecule has 0 heterocycles. The van der Waals surface area contributed by atoms with Crippen molar-refractivity contribution in [1.29, 1.82) is 0 Å². The minimum absolute atomic E-state index is 0.0147. The van der Waals surface area contributed by atoms with E-state index >= 15 is 0 Å². The summed E-state index contributed by atoms with van der Waals surface area (Å²) in [4.78, 5) is 11.3. The molecule has 0 radical (unpaired) electrons. The molecule has 0 N–H and O–H groups in total. The van der Waals surface area contributed by atoms with Gasteiger partial charge >= 0.3 is 0 Å². The van der Waals surface area contributed by atoms with E-state index in [1.54, 1.807) is 25.1 Å². The number of benzene rings is 2. The van der Waals surface area contributed by atoms with E-state index in [-0.39, 0.29) is 11.6 Å². The SMILES string of the molecule is CC(=O)c1cccc(-c2cccc(F)c2C)c1. The second-order valence-electron chi connectivity index (χ2n) is 4.05. The van der Waals surface area contributed by atoms with Crippen molar-refractivity contribution < 1.29 is 9.18 Å². The Morgan fingerprint density at radius 1 is 1.12 bits per heavy atom. The Hall–Kier alpha value is -1.96. The Kier molecular flexibility index (Phi) is 3.05. The molecular formula is C15H13FO. The highest BCUT2D eigenvalue weighted by Crippen LogP contribution is 2.25. The van der Waals surface area contributed by atoms with Crippen molar-refractivity contribution in [3.63, 3.8) is 0 Å². The summed E-state index contributed by atoms with van der Waals surface area (Å²) in [7, 11) is 0. The standard InChI is InChI=1S/C15H13FO/c1-10-14(7-4-8-15(10)16)13-6-3-5-12(9-13)11(2)17/h3-9H,1-2H3. The van der Waals surface area contributed by atoms with Gasteiger partial charge in [-0.25, -0.2) is 4.39 Å². The van der Waals surface area contributed by atoms with Crippen LogP contribution in [0, 0.1) is 12.7 Å². The molecule has 2 heteroatoms. The molecule has 0 aromatic heterocycles. The van der Waals surface area contributed by atoms with Gasteiger partial charge in [0.05, 0.1) is 0 Å².